The van der Waals surface area contributed by atoms with E-state index >= 15 is 0 Å². The third-order valence-electron chi connectivity index (χ3n) is 4.59. The number of likely N-dealkylation sites (tertiary alicyclic amines) is 1. The molecule has 4 unspecified atom stereocenters. The highest BCUT2D eigenvalue weighted by molar-refractivity contribution is 6.05. The Kier molecular flexibility index (Phi) is 5.16. The van der Waals surface area contributed by atoms with E-state index in [0.29, 0.717) is 18.4 Å². The van der Waals surface area contributed by atoms with E-state index in [4.69, 9.17) is 4.74 Å². The Labute approximate surface area is 121 Å². The second-order valence-electron chi connectivity index (χ2n) is 5.89. The molecule has 20 heavy (non-hydrogen) atoms. The predicted molar refractivity (Wildman–Crippen MR) is 76.2 cm³/mol. The third kappa shape index (κ3) is 3.04. The molecule has 2 amide bonds. The first-order valence-electron chi connectivity index (χ1n) is 7.79. The van der Waals surface area contributed by atoms with E-state index in [9.17, 15) is 9.59 Å². The number of ether oxygens (including phenoxy) is 1. The van der Waals surface area contributed by atoms with Crippen LogP contribution in [0.4, 0.5) is 0 Å². The second kappa shape index (κ2) is 6.68. The van der Waals surface area contributed by atoms with Gasteiger partial charge in [-0.05, 0) is 32.1 Å². The number of amides is 2. The van der Waals surface area contributed by atoms with Crippen LogP contribution in [-0.4, -0.2) is 48.1 Å². The van der Waals surface area contributed by atoms with Gasteiger partial charge in [0.05, 0.1) is 18.6 Å². The second-order valence-corrected chi connectivity index (χ2v) is 5.89. The zero-order valence-electron chi connectivity index (χ0n) is 12.7. The van der Waals surface area contributed by atoms with Crippen molar-refractivity contribution in [1.29, 1.82) is 0 Å². The average molecular weight is 282 g/mol. The zero-order chi connectivity index (χ0) is 14.7. The Morgan fingerprint density at radius 1 is 1.40 bits per heavy atom. The highest BCUT2D eigenvalue weighted by atomic mass is 16.5. The van der Waals surface area contributed by atoms with Crippen LogP contribution in [0, 0.1) is 5.92 Å². The molecule has 114 valence electrons. The third-order valence-corrected chi connectivity index (χ3v) is 4.59. The van der Waals surface area contributed by atoms with E-state index in [-0.39, 0.29) is 23.9 Å². The van der Waals surface area contributed by atoms with Crippen molar-refractivity contribution in [3.8, 4) is 0 Å². The van der Waals surface area contributed by atoms with Crippen molar-refractivity contribution in [2.45, 2.75) is 64.6 Å². The highest BCUT2D eigenvalue weighted by Crippen LogP contribution is 2.24. The summed E-state index contributed by atoms with van der Waals surface area (Å²) in [4.78, 5) is 25.7. The summed E-state index contributed by atoms with van der Waals surface area (Å²) in [5.41, 5.74) is 0. The molecule has 2 aliphatic heterocycles. The van der Waals surface area contributed by atoms with E-state index in [2.05, 4.69) is 12.2 Å². The van der Waals surface area contributed by atoms with E-state index < -0.39 is 0 Å². The minimum Gasteiger partial charge on any atom is -0.378 e. The molecule has 0 spiro atoms. The molecule has 0 aliphatic carbocycles. The first-order valence-corrected chi connectivity index (χ1v) is 7.79. The topological polar surface area (TPSA) is 58.6 Å². The minimum absolute atomic E-state index is 0.00000386. The number of hydrogen-bond acceptors (Lipinski definition) is 4. The first kappa shape index (κ1) is 15.4. The zero-order valence-corrected chi connectivity index (χ0v) is 12.7. The van der Waals surface area contributed by atoms with Gasteiger partial charge in [-0.15, -0.1) is 0 Å². The van der Waals surface area contributed by atoms with Crippen LogP contribution >= 0.6 is 0 Å². The Bertz CT molecular complexity index is 372. The fourth-order valence-electron chi connectivity index (χ4n) is 3.13. The average Bonchev–Trinajstić information content (AvgIpc) is 3.00. The van der Waals surface area contributed by atoms with Crippen LogP contribution in [0.2, 0.25) is 0 Å². The smallest absolute Gasteiger partial charge is 0.247 e. The van der Waals surface area contributed by atoms with Gasteiger partial charge in [0.2, 0.25) is 11.8 Å². The molecule has 1 N–H and O–H groups in total. The van der Waals surface area contributed by atoms with Crippen LogP contribution in [0.15, 0.2) is 0 Å². The molecule has 0 radical (unpaired) electrons. The molecule has 4 atom stereocenters. The van der Waals surface area contributed by atoms with Crippen molar-refractivity contribution in [3.63, 3.8) is 0 Å². The lowest BCUT2D eigenvalue weighted by Crippen LogP contribution is -2.44. The van der Waals surface area contributed by atoms with Crippen molar-refractivity contribution in [2.75, 3.05) is 13.2 Å². The van der Waals surface area contributed by atoms with Gasteiger partial charge in [-0.25, -0.2) is 0 Å². The number of imide groups is 1. The number of rotatable bonds is 6. The molecule has 2 rings (SSSR count). The van der Waals surface area contributed by atoms with Gasteiger partial charge in [0.1, 0.15) is 0 Å². The van der Waals surface area contributed by atoms with E-state index in [1.54, 1.807) is 0 Å². The summed E-state index contributed by atoms with van der Waals surface area (Å²) >= 11 is 0. The normalized spacial score (nSPS) is 32.1. The molecule has 2 fully saturated rings. The molecule has 5 heteroatoms. The lowest BCUT2D eigenvalue weighted by Gasteiger charge is -2.22. The summed E-state index contributed by atoms with van der Waals surface area (Å²) in [6.07, 6.45) is 3.44. The van der Waals surface area contributed by atoms with E-state index in [0.717, 1.165) is 32.4 Å². The van der Waals surface area contributed by atoms with Gasteiger partial charge < -0.3 is 10.1 Å². The Morgan fingerprint density at radius 3 is 2.80 bits per heavy atom. The van der Waals surface area contributed by atoms with Gasteiger partial charge in [-0.2, -0.15) is 0 Å². The standard InChI is InChI=1S/C15H26N2O3/c1-4-10(3)17-14(18)8-12(15(17)19)16-9-11-6-7-20-13(11)5-2/h10-13,16H,4-9H2,1-3H3. The molecular formula is C15H26N2O3. The summed E-state index contributed by atoms with van der Waals surface area (Å²) in [5, 5.41) is 3.28. The van der Waals surface area contributed by atoms with Crippen LogP contribution in [0.3, 0.4) is 0 Å². The largest absolute Gasteiger partial charge is 0.378 e. The molecule has 5 nitrogen and oxygen atoms in total. The summed E-state index contributed by atoms with van der Waals surface area (Å²) < 4.78 is 5.65. The SMILES string of the molecule is CCC1OCCC1CNC1CC(=O)N(C(C)CC)C1=O. The van der Waals surface area contributed by atoms with Crippen molar-refractivity contribution < 1.29 is 14.3 Å². The lowest BCUT2D eigenvalue weighted by molar-refractivity contribution is -0.141. The summed E-state index contributed by atoms with van der Waals surface area (Å²) in [5.74, 6) is 0.355. The molecule has 0 bridgehead atoms. The number of carbonyl (C=O) groups excluding carboxylic acids is 2. The number of nitrogens with zero attached hydrogens (tertiary/aromatic N) is 1. The first-order chi connectivity index (χ1) is 9.58. The maximum atomic E-state index is 12.3. The number of carbonyl (C=O) groups is 2. The van der Waals surface area contributed by atoms with Crippen molar-refractivity contribution >= 4 is 11.8 Å². The van der Waals surface area contributed by atoms with Crippen LogP contribution in [0.5, 0.6) is 0 Å². The Hall–Kier alpha value is -0.940. The maximum absolute atomic E-state index is 12.3. The van der Waals surface area contributed by atoms with Crippen LogP contribution in [-0.2, 0) is 14.3 Å². The van der Waals surface area contributed by atoms with Gasteiger partial charge in [-0.3, -0.25) is 14.5 Å². The number of nitrogens with one attached hydrogen (secondary N) is 1. The molecule has 2 heterocycles. The van der Waals surface area contributed by atoms with Crippen molar-refractivity contribution in [3.05, 3.63) is 0 Å². The van der Waals surface area contributed by atoms with Crippen LogP contribution < -0.4 is 5.32 Å². The molecule has 0 aromatic rings. The highest BCUT2D eigenvalue weighted by Gasteiger charge is 2.41. The maximum Gasteiger partial charge on any atom is 0.247 e. The van der Waals surface area contributed by atoms with Gasteiger partial charge in [0, 0.05) is 19.2 Å². The number of hydrogen-bond donors (Lipinski definition) is 1. The summed E-state index contributed by atoms with van der Waals surface area (Å²) in [6.45, 7) is 7.61. The molecule has 2 aliphatic rings. The minimum atomic E-state index is -0.338. The van der Waals surface area contributed by atoms with Gasteiger partial charge in [0.15, 0.2) is 0 Å². The Balaban J connectivity index is 1.88. The molecule has 0 saturated carbocycles. The predicted octanol–water partition coefficient (Wildman–Crippen LogP) is 1.32. The van der Waals surface area contributed by atoms with Gasteiger partial charge >= 0.3 is 0 Å². The van der Waals surface area contributed by atoms with Gasteiger partial charge in [0.25, 0.3) is 0 Å². The van der Waals surface area contributed by atoms with E-state index in [1.165, 1.54) is 4.90 Å². The summed E-state index contributed by atoms with van der Waals surface area (Å²) in [6, 6.07) is -0.338. The molecule has 0 aromatic carbocycles. The van der Waals surface area contributed by atoms with Crippen molar-refractivity contribution in [2.24, 2.45) is 5.92 Å². The molecular weight excluding hydrogens is 256 g/mol. The summed E-state index contributed by atoms with van der Waals surface area (Å²) in [7, 11) is 0. The van der Waals surface area contributed by atoms with E-state index in [1.807, 2.05) is 13.8 Å². The molecule has 2 saturated heterocycles. The monoisotopic (exact) mass is 282 g/mol. The fourth-order valence-corrected chi connectivity index (χ4v) is 3.13. The van der Waals surface area contributed by atoms with Crippen molar-refractivity contribution in [1.82, 2.24) is 10.2 Å². The van der Waals surface area contributed by atoms with Crippen LogP contribution in [0.25, 0.3) is 0 Å². The Morgan fingerprint density at radius 2 is 2.15 bits per heavy atom. The quantitative estimate of drug-likeness (QED) is 0.746. The van der Waals surface area contributed by atoms with Gasteiger partial charge in [-0.1, -0.05) is 13.8 Å². The lowest BCUT2D eigenvalue weighted by atomic mass is 9.99. The van der Waals surface area contributed by atoms with Crippen LogP contribution in [0.1, 0.15) is 46.5 Å². The molecule has 0 aromatic heterocycles. The fraction of sp³-hybridized carbons (Fsp3) is 0.867.